The van der Waals surface area contributed by atoms with Crippen LogP contribution in [0.15, 0.2) is 29.8 Å². The van der Waals surface area contributed by atoms with Gasteiger partial charge in [-0.15, -0.1) is 11.3 Å². The monoisotopic (exact) mass is 785 g/mol. The first-order valence-electron chi connectivity index (χ1n) is 18.7. The maximum atomic E-state index is 16.3. The predicted molar refractivity (Wildman–Crippen MR) is 202 cm³/mol. The Labute approximate surface area is 321 Å². The maximum absolute atomic E-state index is 16.3. The number of rotatable bonds is 5. The van der Waals surface area contributed by atoms with Crippen LogP contribution in [0, 0.1) is 11.2 Å². The number of hydrogen-bond acceptors (Lipinski definition) is 10. The summed E-state index contributed by atoms with van der Waals surface area (Å²) in [7, 11) is 3.56. The number of methoxy groups -OCH3 is 1. The lowest BCUT2D eigenvalue weighted by molar-refractivity contribution is -0.154. The van der Waals surface area contributed by atoms with Crippen LogP contribution in [0.1, 0.15) is 62.4 Å². The molecule has 0 radical (unpaired) electrons. The molecule has 0 unspecified atom stereocenters. The molecule has 3 aromatic heterocycles. The molecule has 16 heteroatoms. The Morgan fingerprint density at radius 1 is 1.09 bits per heavy atom. The van der Waals surface area contributed by atoms with Gasteiger partial charge in [0.1, 0.15) is 18.4 Å². The summed E-state index contributed by atoms with van der Waals surface area (Å²) < 4.78 is 73.3. The zero-order chi connectivity index (χ0) is 39.2. The van der Waals surface area contributed by atoms with Gasteiger partial charge >= 0.3 is 12.1 Å². The summed E-state index contributed by atoms with van der Waals surface area (Å²) in [5.74, 6) is -1.43. The molecule has 0 saturated carbocycles. The van der Waals surface area contributed by atoms with Crippen LogP contribution in [0.5, 0.6) is 0 Å². The van der Waals surface area contributed by atoms with Crippen molar-refractivity contribution >= 4 is 39.8 Å². The molecule has 1 amide bonds. The van der Waals surface area contributed by atoms with Gasteiger partial charge in [-0.3, -0.25) is 19.6 Å². The van der Waals surface area contributed by atoms with Crippen LogP contribution in [0.4, 0.5) is 23.2 Å². The zero-order valence-corrected chi connectivity index (χ0v) is 32.6. The van der Waals surface area contributed by atoms with E-state index < -0.39 is 42.1 Å². The van der Waals surface area contributed by atoms with Crippen molar-refractivity contribution in [2.75, 3.05) is 58.4 Å². The Kier molecular flexibility index (Phi) is 11.0. The molecule has 2 saturated heterocycles. The van der Waals surface area contributed by atoms with Crippen molar-refractivity contribution in [3.05, 3.63) is 51.9 Å². The molecule has 1 aromatic carbocycles. The number of piperazine rings is 1. The molecule has 1 N–H and O–H groups in total. The molecule has 2 fully saturated rings. The van der Waals surface area contributed by atoms with E-state index in [4.69, 9.17) is 14.5 Å². The lowest BCUT2D eigenvalue weighted by atomic mass is 9.84. The molecule has 296 valence electrons. The summed E-state index contributed by atoms with van der Waals surface area (Å²) in [6.07, 6.45) is -1.86. The summed E-state index contributed by atoms with van der Waals surface area (Å²) in [5.41, 5.74) is 5.20. The number of aromatic nitrogens is 3. The number of esters is 1. The number of benzene rings is 1. The molecule has 0 aliphatic carbocycles. The van der Waals surface area contributed by atoms with E-state index in [1.54, 1.807) is 24.6 Å². The van der Waals surface area contributed by atoms with Crippen molar-refractivity contribution in [1.29, 1.82) is 0 Å². The molecule has 7 rings (SSSR count). The highest BCUT2D eigenvalue weighted by Crippen LogP contribution is 2.44. The lowest BCUT2D eigenvalue weighted by Crippen LogP contribution is -2.55. The molecular formula is C39H47F4N7O4S. The number of nitrogens with zero attached hydrogens (tertiary/aromatic N) is 6. The van der Waals surface area contributed by atoms with E-state index in [-0.39, 0.29) is 42.1 Å². The second-order valence-corrected chi connectivity index (χ2v) is 16.6. The third kappa shape index (κ3) is 8.37. The maximum Gasteiger partial charge on any atom is 0.406 e. The first-order valence-corrected chi connectivity index (χ1v) is 19.5. The van der Waals surface area contributed by atoms with Crippen LogP contribution >= 0.6 is 11.3 Å². The van der Waals surface area contributed by atoms with Gasteiger partial charge in [0, 0.05) is 80.0 Å². The molecule has 3 aliphatic rings. The van der Waals surface area contributed by atoms with E-state index in [2.05, 4.69) is 20.2 Å². The summed E-state index contributed by atoms with van der Waals surface area (Å²) in [4.78, 5) is 40.5. The highest BCUT2D eigenvalue weighted by molar-refractivity contribution is 7.09. The first-order chi connectivity index (χ1) is 26.1. The average molecular weight is 786 g/mol. The van der Waals surface area contributed by atoms with E-state index in [1.807, 2.05) is 27.0 Å². The molecule has 4 aromatic rings. The number of amides is 1. The Balaban J connectivity index is 1.46. The third-order valence-electron chi connectivity index (χ3n) is 10.8. The number of hydrogen-bond donors (Lipinski definition) is 1. The second kappa shape index (κ2) is 15.4. The fourth-order valence-electron chi connectivity index (χ4n) is 7.73. The Morgan fingerprint density at radius 3 is 2.58 bits per heavy atom. The largest absolute Gasteiger partial charge is 0.464 e. The molecule has 6 heterocycles. The number of pyridine rings is 1. The van der Waals surface area contributed by atoms with Gasteiger partial charge < -0.3 is 23.8 Å². The normalized spacial score (nSPS) is 20.8. The van der Waals surface area contributed by atoms with Gasteiger partial charge in [-0.05, 0) is 57.0 Å². The number of anilines is 1. The number of fused-ring (bicyclic) bond motifs is 6. The number of hydrazine groups is 1. The SMILES string of the molecule is CO[C@@H](C)c1ncc(N2CCN(C)CC2)cc1-c1c2c3cc(c(F)cc3n1CC(F)(F)F)-c1csc(n1)CCC(=O)N1CCC[C@H](N1)C(=O)OCC(C)(C)C2. The number of carbonyl (C=O) groups is 2. The predicted octanol–water partition coefficient (Wildman–Crippen LogP) is 6.54. The van der Waals surface area contributed by atoms with Gasteiger partial charge in [0.05, 0.1) is 52.2 Å². The number of alkyl halides is 3. The van der Waals surface area contributed by atoms with E-state index >= 15 is 4.39 Å². The second-order valence-electron chi connectivity index (χ2n) is 15.6. The van der Waals surface area contributed by atoms with Crippen LogP contribution < -0.4 is 10.3 Å². The number of nitrogens with one attached hydrogen (secondary N) is 1. The Bertz CT molecular complexity index is 2070. The van der Waals surface area contributed by atoms with E-state index in [0.717, 1.165) is 29.4 Å². The van der Waals surface area contributed by atoms with Gasteiger partial charge in [-0.2, -0.15) is 13.2 Å². The molecule has 11 nitrogen and oxygen atoms in total. The van der Waals surface area contributed by atoms with E-state index in [1.165, 1.54) is 23.5 Å². The van der Waals surface area contributed by atoms with Crippen molar-refractivity contribution in [2.24, 2.45) is 5.41 Å². The molecule has 3 aliphatic heterocycles. The highest BCUT2D eigenvalue weighted by Gasteiger charge is 2.37. The van der Waals surface area contributed by atoms with Gasteiger partial charge in [-0.25, -0.2) is 14.8 Å². The average Bonchev–Trinajstić information content (AvgIpc) is 3.73. The highest BCUT2D eigenvalue weighted by atomic mass is 32.1. The smallest absolute Gasteiger partial charge is 0.406 e. The van der Waals surface area contributed by atoms with Crippen LogP contribution in [0.3, 0.4) is 0 Å². The number of thiazole rings is 1. The van der Waals surface area contributed by atoms with Crippen molar-refractivity contribution < 1.29 is 36.6 Å². The van der Waals surface area contributed by atoms with Gasteiger partial charge in [0.25, 0.3) is 0 Å². The first kappa shape index (κ1) is 39.1. The zero-order valence-electron chi connectivity index (χ0n) is 31.8. The topological polar surface area (TPSA) is 105 Å². The van der Waals surface area contributed by atoms with Crippen molar-refractivity contribution in [2.45, 2.75) is 77.7 Å². The van der Waals surface area contributed by atoms with Gasteiger partial charge in [-0.1, -0.05) is 13.8 Å². The number of likely N-dealkylation sites (N-methyl/N-ethyl adjacent to an activating group) is 1. The minimum absolute atomic E-state index is 0.0617. The minimum atomic E-state index is -4.66. The lowest BCUT2D eigenvalue weighted by Gasteiger charge is -2.34. The summed E-state index contributed by atoms with van der Waals surface area (Å²) in [6.45, 7) is 7.59. The molecule has 0 spiro atoms. The van der Waals surface area contributed by atoms with Crippen LogP contribution in [0.2, 0.25) is 0 Å². The Morgan fingerprint density at radius 2 is 1.85 bits per heavy atom. The summed E-state index contributed by atoms with van der Waals surface area (Å²) >= 11 is 1.29. The fourth-order valence-corrected chi connectivity index (χ4v) is 8.52. The van der Waals surface area contributed by atoms with Crippen molar-refractivity contribution in [3.8, 4) is 22.5 Å². The fraction of sp³-hybridized carbons (Fsp3) is 0.538. The number of aryl methyl sites for hydroxylation is 1. The number of halogens is 4. The third-order valence-corrected chi connectivity index (χ3v) is 11.7. The van der Waals surface area contributed by atoms with Crippen LogP contribution in [-0.4, -0.2) is 102 Å². The van der Waals surface area contributed by atoms with Crippen molar-refractivity contribution in [1.82, 2.24) is 29.9 Å². The van der Waals surface area contributed by atoms with Gasteiger partial charge in [0.2, 0.25) is 5.91 Å². The van der Waals surface area contributed by atoms with E-state index in [9.17, 15) is 22.8 Å². The standard InChI is InChI=1S/C39H47F4N7O4S/c1-23(53-5)35-27(15-24(19-44-35)48-13-11-47(4)12-14-48)36-28-18-38(2,3)22-54-37(52)30-7-6-10-50(46-30)34(51)9-8-33-45-31(20-55-33)26-16-25(28)32(17-29(26)40)49(36)21-39(41,42)43/h15-17,19-20,23,30,46H,6-14,18,21-22H2,1-5H3/t23-,30-/m0/s1. The molecule has 6 bridgehead atoms. The minimum Gasteiger partial charge on any atom is -0.464 e. The summed E-state index contributed by atoms with van der Waals surface area (Å²) in [5, 5.41) is 4.19. The molecule has 2 atom stereocenters. The van der Waals surface area contributed by atoms with E-state index in [0.29, 0.717) is 71.8 Å². The van der Waals surface area contributed by atoms with Crippen molar-refractivity contribution in [3.63, 3.8) is 0 Å². The quantitative estimate of drug-likeness (QED) is 0.179. The number of ether oxygens (including phenoxy) is 2. The Hall–Kier alpha value is -4.12. The van der Waals surface area contributed by atoms with Crippen LogP contribution in [-0.2, 0) is 38.4 Å². The summed E-state index contributed by atoms with van der Waals surface area (Å²) in [6, 6.07) is 3.90. The molecular weight excluding hydrogens is 739 g/mol. The van der Waals surface area contributed by atoms with Gasteiger partial charge in [0.15, 0.2) is 0 Å². The number of cyclic esters (lactones) is 1. The van der Waals surface area contributed by atoms with Crippen LogP contribution in [0.25, 0.3) is 33.4 Å². The number of carbonyl (C=O) groups excluding carboxylic acids is 2. The molecule has 55 heavy (non-hydrogen) atoms.